The van der Waals surface area contributed by atoms with E-state index in [2.05, 4.69) is 0 Å². The molecule has 92 valence electrons. The van der Waals surface area contributed by atoms with Crippen molar-refractivity contribution in [3.8, 4) is 11.5 Å². The number of hydrogen-bond donors (Lipinski definition) is 1. The molecule has 1 atom stereocenters. The number of rotatable bonds is 1. The molecule has 0 amide bonds. The van der Waals surface area contributed by atoms with E-state index in [4.69, 9.17) is 10.5 Å². The standard InChI is InChI=1S/C15H14FNO/c16-12-5-6-13-11(9-17)7-10-3-1-2-4-14(10)18-15(13)8-12/h1-6,8,11H,7,9,17H2/t11-/m1/s1. The van der Waals surface area contributed by atoms with Crippen molar-refractivity contribution < 1.29 is 9.13 Å². The second kappa shape index (κ2) is 4.42. The summed E-state index contributed by atoms with van der Waals surface area (Å²) in [4.78, 5) is 0. The summed E-state index contributed by atoms with van der Waals surface area (Å²) in [6, 6.07) is 12.5. The van der Waals surface area contributed by atoms with E-state index >= 15 is 0 Å². The molecule has 0 saturated heterocycles. The number of hydrogen-bond acceptors (Lipinski definition) is 2. The van der Waals surface area contributed by atoms with E-state index in [0.717, 1.165) is 23.3 Å². The molecular weight excluding hydrogens is 229 g/mol. The molecule has 2 N–H and O–H groups in total. The van der Waals surface area contributed by atoms with E-state index in [1.165, 1.54) is 12.1 Å². The Bertz CT molecular complexity index is 582. The lowest BCUT2D eigenvalue weighted by Crippen LogP contribution is -2.14. The Kier molecular flexibility index (Phi) is 2.76. The molecule has 1 heterocycles. The molecular formula is C15H14FNO. The highest BCUT2D eigenvalue weighted by atomic mass is 19.1. The number of nitrogens with two attached hydrogens (primary N) is 1. The Labute approximate surface area is 105 Å². The molecule has 0 radical (unpaired) electrons. The third-order valence-electron chi connectivity index (χ3n) is 3.36. The minimum absolute atomic E-state index is 0.171. The smallest absolute Gasteiger partial charge is 0.133 e. The monoisotopic (exact) mass is 243 g/mol. The van der Waals surface area contributed by atoms with Crippen LogP contribution in [0.25, 0.3) is 0 Å². The maximum atomic E-state index is 13.3. The van der Waals surface area contributed by atoms with Gasteiger partial charge in [0.05, 0.1) is 0 Å². The molecule has 3 heteroatoms. The first kappa shape index (κ1) is 11.2. The summed E-state index contributed by atoms with van der Waals surface area (Å²) in [5.41, 5.74) is 7.93. The van der Waals surface area contributed by atoms with Crippen molar-refractivity contribution in [2.75, 3.05) is 6.54 Å². The molecule has 0 bridgehead atoms. The summed E-state index contributed by atoms with van der Waals surface area (Å²) in [6.07, 6.45) is 0.825. The quantitative estimate of drug-likeness (QED) is 0.834. The lowest BCUT2D eigenvalue weighted by molar-refractivity contribution is 0.472. The molecule has 2 aromatic rings. The van der Waals surface area contributed by atoms with E-state index in [0.29, 0.717) is 12.3 Å². The highest BCUT2D eigenvalue weighted by Crippen LogP contribution is 2.39. The van der Waals surface area contributed by atoms with Gasteiger partial charge in [-0.05, 0) is 36.2 Å². The van der Waals surface area contributed by atoms with Crippen LogP contribution in [0.3, 0.4) is 0 Å². The number of para-hydroxylation sites is 1. The molecule has 18 heavy (non-hydrogen) atoms. The van der Waals surface area contributed by atoms with Crippen LogP contribution in [-0.2, 0) is 6.42 Å². The second-order valence-electron chi connectivity index (χ2n) is 4.53. The van der Waals surface area contributed by atoms with Gasteiger partial charge in [0, 0.05) is 12.0 Å². The average Bonchev–Trinajstić information content (AvgIpc) is 2.53. The van der Waals surface area contributed by atoms with Gasteiger partial charge >= 0.3 is 0 Å². The van der Waals surface area contributed by atoms with Crippen LogP contribution in [0.1, 0.15) is 17.0 Å². The first-order valence-corrected chi connectivity index (χ1v) is 6.03. The van der Waals surface area contributed by atoms with Crippen LogP contribution in [-0.4, -0.2) is 6.54 Å². The fourth-order valence-electron chi connectivity index (χ4n) is 2.41. The number of halogens is 1. The zero-order chi connectivity index (χ0) is 12.5. The van der Waals surface area contributed by atoms with Crippen molar-refractivity contribution in [2.24, 2.45) is 5.73 Å². The van der Waals surface area contributed by atoms with Gasteiger partial charge in [0.1, 0.15) is 17.3 Å². The molecule has 0 saturated carbocycles. The molecule has 0 fully saturated rings. The van der Waals surface area contributed by atoms with Crippen molar-refractivity contribution in [1.29, 1.82) is 0 Å². The Morgan fingerprint density at radius 2 is 2.00 bits per heavy atom. The SMILES string of the molecule is NC[C@H]1Cc2ccccc2Oc2cc(F)ccc21. The third kappa shape index (κ3) is 1.87. The number of ether oxygens (including phenoxy) is 1. The predicted octanol–water partition coefficient (Wildman–Crippen LogP) is 3.22. The van der Waals surface area contributed by atoms with E-state index in [-0.39, 0.29) is 11.7 Å². The first-order chi connectivity index (χ1) is 8.78. The summed E-state index contributed by atoms with van der Waals surface area (Å²) in [5, 5.41) is 0. The fraction of sp³-hybridized carbons (Fsp3) is 0.200. The second-order valence-corrected chi connectivity index (χ2v) is 4.53. The molecule has 0 aromatic heterocycles. The summed E-state index contributed by atoms with van der Waals surface area (Å²) in [6.45, 7) is 0.524. The normalized spacial score (nSPS) is 17.3. The van der Waals surface area contributed by atoms with Gasteiger partial charge in [-0.15, -0.1) is 0 Å². The summed E-state index contributed by atoms with van der Waals surface area (Å²) < 4.78 is 19.1. The molecule has 2 nitrogen and oxygen atoms in total. The van der Waals surface area contributed by atoms with Crippen LogP contribution in [0.2, 0.25) is 0 Å². The van der Waals surface area contributed by atoms with Gasteiger partial charge in [-0.25, -0.2) is 4.39 Å². The molecule has 1 aliphatic heterocycles. The maximum Gasteiger partial charge on any atom is 0.133 e. The highest BCUT2D eigenvalue weighted by Gasteiger charge is 2.22. The van der Waals surface area contributed by atoms with Crippen molar-refractivity contribution in [2.45, 2.75) is 12.3 Å². The fourth-order valence-corrected chi connectivity index (χ4v) is 2.41. The third-order valence-corrected chi connectivity index (χ3v) is 3.36. The van der Waals surface area contributed by atoms with E-state index < -0.39 is 0 Å². The number of fused-ring (bicyclic) bond motifs is 2. The average molecular weight is 243 g/mol. The Morgan fingerprint density at radius 3 is 2.83 bits per heavy atom. The predicted molar refractivity (Wildman–Crippen MR) is 68.4 cm³/mol. The van der Waals surface area contributed by atoms with Crippen LogP contribution >= 0.6 is 0 Å². The summed E-state index contributed by atoms with van der Waals surface area (Å²) in [5.74, 6) is 1.25. The van der Waals surface area contributed by atoms with Gasteiger partial charge in [0.15, 0.2) is 0 Å². The van der Waals surface area contributed by atoms with Crippen molar-refractivity contribution in [3.05, 3.63) is 59.4 Å². The first-order valence-electron chi connectivity index (χ1n) is 6.03. The van der Waals surface area contributed by atoms with Crippen LogP contribution in [0.15, 0.2) is 42.5 Å². The van der Waals surface area contributed by atoms with E-state index in [9.17, 15) is 4.39 Å². The van der Waals surface area contributed by atoms with Crippen LogP contribution in [0, 0.1) is 5.82 Å². The molecule has 0 spiro atoms. The Balaban J connectivity index is 2.14. The lowest BCUT2D eigenvalue weighted by Gasteiger charge is -2.14. The molecule has 0 aliphatic carbocycles. The zero-order valence-corrected chi connectivity index (χ0v) is 9.90. The van der Waals surface area contributed by atoms with Crippen molar-refractivity contribution in [1.82, 2.24) is 0 Å². The molecule has 0 unspecified atom stereocenters. The summed E-state index contributed by atoms with van der Waals surface area (Å²) >= 11 is 0. The van der Waals surface area contributed by atoms with Gasteiger partial charge in [0.25, 0.3) is 0 Å². The Hall–Kier alpha value is -1.87. The van der Waals surface area contributed by atoms with Crippen LogP contribution in [0.4, 0.5) is 4.39 Å². The minimum atomic E-state index is -0.288. The maximum absolute atomic E-state index is 13.3. The molecule has 2 aromatic carbocycles. The van der Waals surface area contributed by atoms with Crippen LogP contribution in [0.5, 0.6) is 11.5 Å². The van der Waals surface area contributed by atoms with Gasteiger partial charge in [0.2, 0.25) is 0 Å². The van der Waals surface area contributed by atoms with Gasteiger partial charge < -0.3 is 10.5 Å². The molecule has 1 aliphatic rings. The summed E-state index contributed by atoms with van der Waals surface area (Å²) in [7, 11) is 0. The van der Waals surface area contributed by atoms with Crippen molar-refractivity contribution >= 4 is 0 Å². The van der Waals surface area contributed by atoms with Crippen LogP contribution < -0.4 is 10.5 Å². The Morgan fingerprint density at radius 1 is 1.17 bits per heavy atom. The highest BCUT2D eigenvalue weighted by molar-refractivity contribution is 5.47. The van der Waals surface area contributed by atoms with E-state index in [1.807, 2.05) is 24.3 Å². The van der Waals surface area contributed by atoms with E-state index in [1.54, 1.807) is 6.07 Å². The van der Waals surface area contributed by atoms with Gasteiger partial charge in [-0.1, -0.05) is 24.3 Å². The lowest BCUT2D eigenvalue weighted by atomic mass is 9.92. The van der Waals surface area contributed by atoms with Crippen molar-refractivity contribution in [3.63, 3.8) is 0 Å². The zero-order valence-electron chi connectivity index (χ0n) is 9.90. The topological polar surface area (TPSA) is 35.2 Å². The number of benzene rings is 2. The van der Waals surface area contributed by atoms with Gasteiger partial charge in [-0.3, -0.25) is 0 Å². The van der Waals surface area contributed by atoms with Gasteiger partial charge in [-0.2, -0.15) is 0 Å². The largest absolute Gasteiger partial charge is 0.457 e. The minimum Gasteiger partial charge on any atom is -0.457 e. The molecule has 3 rings (SSSR count).